The van der Waals surface area contributed by atoms with Crippen molar-refractivity contribution in [3.8, 4) is 0 Å². The lowest BCUT2D eigenvalue weighted by Gasteiger charge is -2.27. The van der Waals surface area contributed by atoms with Crippen molar-refractivity contribution in [1.82, 2.24) is 0 Å². The van der Waals surface area contributed by atoms with Gasteiger partial charge in [-0.15, -0.1) is 0 Å². The van der Waals surface area contributed by atoms with Gasteiger partial charge in [0.15, 0.2) is 0 Å². The van der Waals surface area contributed by atoms with Crippen LogP contribution in [0.15, 0.2) is 24.3 Å². The van der Waals surface area contributed by atoms with Crippen LogP contribution in [0.1, 0.15) is 44.6 Å². The average Bonchev–Trinajstić information content (AvgIpc) is 3.43. The van der Waals surface area contributed by atoms with E-state index in [-0.39, 0.29) is 0 Å². The van der Waals surface area contributed by atoms with E-state index in [1.807, 2.05) is 11.0 Å². The second-order valence-corrected chi connectivity index (χ2v) is 7.40. The van der Waals surface area contributed by atoms with Crippen LogP contribution in [0, 0.1) is 5.92 Å². The third-order valence-corrected chi connectivity index (χ3v) is 5.83. The van der Waals surface area contributed by atoms with E-state index in [0.29, 0.717) is 12.3 Å². The number of rotatable bonds is 6. The maximum atomic E-state index is 12.7. The molecule has 2 fully saturated rings. The number of nitrogens with zero attached hydrogens (tertiary/aromatic N) is 1. The Hall–Kier alpha value is -1.35. The molecule has 3 nitrogen and oxygen atoms in total. The molecule has 1 unspecified atom stereocenters. The van der Waals surface area contributed by atoms with E-state index in [9.17, 15) is 4.79 Å². The number of anilines is 1. The number of hydrogen-bond donors (Lipinski definition) is 1. The number of para-hydroxylation sites is 1. The number of fused-ring (bicyclic) bond motifs is 1. The summed E-state index contributed by atoms with van der Waals surface area (Å²) in [4.78, 5) is 16.4. The van der Waals surface area contributed by atoms with Gasteiger partial charge in [-0.05, 0) is 37.8 Å². The quantitative estimate of drug-likeness (QED) is 0.851. The predicted molar refractivity (Wildman–Crippen MR) is 88.2 cm³/mol. The summed E-state index contributed by atoms with van der Waals surface area (Å²) < 4.78 is 0. The highest BCUT2D eigenvalue weighted by atomic mass is 16.2. The normalized spacial score (nSPS) is 23.2. The first-order valence-electron chi connectivity index (χ1n) is 8.98. The van der Waals surface area contributed by atoms with Crippen LogP contribution in [0.3, 0.4) is 0 Å². The van der Waals surface area contributed by atoms with E-state index in [2.05, 4.69) is 25.1 Å². The Balaban J connectivity index is 1.38. The van der Waals surface area contributed by atoms with Crippen LogP contribution in [0.4, 0.5) is 5.69 Å². The molecule has 2 aliphatic carbocycles. The van der Waals surface area contributed by atoms with Crippen molar-refractivity contribution in [1.29, 1.82) is 0 Å². The third-order valence-electron chi connectivity index (χ3n) is 5.83. The highest BCUT2D eigenvalue weighted by Crippen LogP contribution is 2.32. The smallest absolute Gasteiger partial charge is 0.232 e. The minimum Gasteiger partial charge on any atom is -0.330 e. The van der Waals surface area contributed by atoms with Crippen LogP contribution in [0.25, 0.3) is 0 Å². The van der Waals surface area contributed by atoms with Crippen LogP contribution in [-0.4, -0.2) is 31.1 Å². The first-order valence-corrected chi connectivity index (χ1v) is 8.98. The number of carbonyl (C=O) groups is 1. The van der Waals surface area contributed by atoms with Gasteiger partial charge in [0, 0.05) is 31.0 Å². The Morgan fingerprint density at radius 3 is 2.77 bits per heavy atom. The average molecular weight is 299 g/mol. The van der Waals surface area contributed by atoms with Crippen molar-refractivity contribution in [3.05, 3.63) is 29.8 Å². The maximum Gasteiger partial charge on any atom is 0.232 e. The Labute approximate surface area is 133 Å². The standard InChI is InChI=1S/C19H26N2O/c1-14(15-6-7-15)20(17-8-9-17)13-11-19(22)21-12-10-16-4-2-3-5-18(16)21/h2-5,14-15,17H,6-13H2,1H3/p+1/t14-/m1/s1. The van der Waals surface area contributed by atoms with E-state index in [1.54, 1.807) is 4.90 Å². The lowest BCUT2D eigenvalue weighted by atomic mass is 10.1. The van der Waals surface area contributed by atoms with Crippen molar-refractivity contribution in [3.63, 3.8) is 0 Å². The Bertz CT molecular complexity index is 562. The Kier molecular flexibility index (Phi) is 3.69. The molecule has 4 rings (SSSR count). The summed E-state index contributed by atoms with van der Waals surface area (Å²) in [7, 11) is 0. The number of carbonyl (C=O) groups excluding carboxylic acids is 1. The topological polar surface area (TPSA) is 24.8 Å². The molecule has 22 heavy (non-hydrogen) atoms. The molecule has 0 saturated heterocycles. The lowest BCUT2D eigenvalue weighted by Crippen LogP contribution is -3.17. The second-order valence-electron chi connectivity index (χ2n) is 7.40. The van der Waals surface area contributed by atoms with Crippen LogP contribution in [-0.2, 0) is 11.2 Å². The summed E-state index contributed by atoms with van der Waals surface area (Å²) in [5.74, 6) is 1.25. The number of nitrogens with one attached hydrogen (secondary N) is 1. The largest absolute Gasteiger partial charge is 0.330 e. The van der Waals surface area contributed by atoms with Gasteiger partial charge in [-0.1, -0.05) is 18.2 Å². The molecular weight excluding hydrogens is 272 g/mol. The van der Waals surface area contributed by atoms with Gasteiger partial charge in [-0.25, -0.2) is 0 Å². The van der Waals surface area contributed by atoms with Crippen LogP contribution >= 0.6 is 0 Å². The minimum atomic E-state index is 0.325. The monoisotopic (exact) mass is 299 g/mol. The van der Waals surface area contributed by atoms with Gasteiger partial charge in [0.05, 0.1) is 25.0 Å². The summed E-state index contributed by atoms with van der Waals surface area (Å²) >= 11 is 0. The fraction of sp³-hybridized carbons (Fsp3) is 0.632. The zero-order valence-corrected chi connectivity index (χ0v) is 13.6. The maximum absolute atomic E-state index is 12.7. The SMILES string of the molecule is C[C@H](C1CC1)[NH+](CCC(=O)N1CCc2ccccc21)C1CC1. The molecular formula is C19H27N2O+. The van der Waals surface area contributed by atoms with E-state index >= 15 is 0 Å². The van der Waals surface area contributed by atoms with Gasteiger partial charge in [0.2, 0.25) is 5.91 Å². The molecule has 1 N–H and O–H groups in total. The molecule has 1 amide bonds. The molecule has 2 atom stereocenters. The van der Waals surface area contributed by atoms with Gasteiger partial charge in [-0.3, -0.25) is 4.79 Å². The molecule has 3 aliphatic rings. The van der Waals surface area contributed by atoms with Gasteiger partial charge >= 0.3 is 0 Å². The van der Waals surface area contributed by atoms with E-state index < -0.39 is 0 Å². The van der Waals surface area contributed by atoms with Gasteiger partial charge in [0.1, 0.15) is 0 Å². The van der Waals surface area contributed by atoms with Gasteiger partial charge < -0.3 is 9.80 Å². The Morgan fingerprint density at radius 2 is 2.05 bits per heavy atom. The molecule has 0 bridgehead atoms. The summed E-state index contributed by atoms with van der Waals surface area (Å²) in [6, 6.07) is 9.96. The summed E-state index contributed by atoms with van der Waals surface area (Å²) in [5.41, 5.74) is 2.48. The summed E-state index contributed by atoms with van der Waals surface area (Å²) in [5, 5.41) is 0. The molecule has 1 aromatic carbocycles. The third kappa shape index (κ3) is 2.79. The lowest BCUT2D eigenvalue weighted by molar-refractivity contribution is -0.935. The fourth-order valence-electron chi connectivity index (χ4n) is 4.14. The minimum absolute atomic E-state index is 0.325. The van der Waals surface area contributed by atoms with Crippen molar-refractivity contribution in [2.75, 3.05) is 18.0 Å². The molecule has 0 spiro atoms. The van der Waals surface area contributed by atoms with Gasteiger partial charge in [0.25, 0.3) is 0 Å². The van der Waals surface area contributed by atoms with E-state index in [4.69, 9.17) is 0 Å². The first-order chi connectivity index (χ1) is 10.7. The predicted octanol–water partition coefficient (Wildman–Crippen LogP) is 1.81. The summed E-state index contributed by atoms with van der Waals surface area (Å²) in [6.07, 6.45) is 7.27. The molecule has 0 aromatic heterocycles. The molecule has 3 heteroatoms. The molecule has 0 radical (unpaired) electrons. The molecule has 1 aromatic rings. The van der Waals surface area contributed by atoms with Gasteiger partial charge in [-0.2, -0.15) is 0 Å². The molecule has 1 heterocycles. The molecule has 1 aliphatic heterocycles. The highest BCUT2D eigenvalue weighted by molar-refractivity contribution is 5.95. The molecule has 2 saturated carbocycles. The zero-order valence-electron chi connectivity index (χ0n) is 13.6. The van der Waals surface area contributed by atoms with Crippen molar-refractivity contribution in [2.45, 2.75) is 57.5 Å². The van der Waals surface area contributed by atoms with Crippen LogP contribution in [0.2, 0.25) is 0 Å². The van der Waals surface area contributed by atoms with E-state index in [1.165, 1.54) is 31.2 Å². The number of quaternary nitrogens is 1. The molecule has 118 valence electrons. The summed E-state index contributed by atoms with van der Waals surface area (Å²) in [6.45, 7) is 4.30. The zero-order chi connectivity index (χ0) is 15.1. The number of benzene rings is 1. The van der Waals surface area contributed by atoms with Crippen molar-refractivity contribution in [2.24, 2.45) is 5.92 Å². The van der Waals surface area contributed by atoms with E-state index in [0.717, 1.165) is 43.2 Å². The first kappa shape index (κ1) is 14.3. The van der Waals surface area contributed by atoms with Crippen molar-refractivity contribution < 1.29 is 9.69 Å². The van der Waals surface area contributed by atoms with Crippen LogP contribution in [0.5, 0.6) is 0 Å². The van der Waals surface area contributed by atoms with Crippen LogP contribution < -0.4 is 9.80 Å². The fourth-order valence-corrected chi connectivity index (χ4v) is 4.14. The van der Waals surface area contributed by atoms with Crippen molar-refractivity contribution >= 4 is 11.6 Å². The second kappa shape index (κ2) is 5.69. The number of hydrogen-bond acceptors (Lipinski definition) is 1. The highest BCUT2D eigenvalue weighted by Gasteiger charge is 2.42. The number of amides is 1. The Morgan fingerprint density at radius 1 is 1.27 bits per heavy atom.